The van der Waals surface area contributed by atoms with Gasteiger partial charge in [-0.3, -0.25) is 4.72 Å². The smallest absolute Gasteiger partial charge is 0.267 e. The van der Waals surface area contributed by atoms with Crippen molar-refractivity contribution in [3.63, 3.8) is 0 Å². The minimum absolute atomic E-state index is 0.0787. The summed E-state index contributed by atoms with van der Waals surface area (Å²) in [6, 6.07) is 7.35. The number of nitrogens with zero attached hydrogens (tertiary/aromatic N) is 2. The van der Waals surface area contributed by atoms with Gasteiger partial charge in [-0.05, 0) is 37.5 Å². The number of benzene rings is 1. The molecule has 6 nitrogen and oxygen atoms in total. The molecule has 2 heterocycles. The molecular weight excluding hydrogens is 298 g/mol. The number of nitrogens with one attached hydrogen (secondary N) is 1. The Balaban J connectivity index is 2.06. The third kappa shape index (κ3) is 2.06. The van der Waals surface area contributed by atoms with Gasteiger partial charge in [0.15, 0.2) is 10.7 Å². The van der Waals surface area contributed by atoms with E-state index in [1.165, 1.54) is 0 Å². The molecule has 0 unspecified atom stereocenters. The SMILES string of the molecule is Cc1noc(C)c1S(=O)(=O)Nc1snc2ccccc12. The number of hydrogen-bond acceptors (Lipinski definition) is 6. The molecule has 0 aliphatic heterocycles. The first-order valence-electron chi connectivity index (χ1n) is 5.79. The fourth-order valence-electron chi connectivity index (χ4n) is 1.99. The van der Waals surface area contributed by atoms with Crippen LogP contribution in [0.2, 0.25) is 0 Å². The summed E-state index contributed by atoms with van der Waals surface area (Å²) in [4.78, 5) is 0.0787. The molecule has 0 spiro atoms. The van der Waals surface area contributed by atoms with Crippen molar-refractivity contribution in [3.8, 4) is 0 Å². The molecule has 0 saturated heterocycles. The number of sulfonamides is 1. The molecule has 104 valence electrons. The minimum Gasteiger partial charge on any atom is -0.360 e. The average molecular weight is 309 g/mol. The monoisotopic (exact) mass is 309 g/mol. The molecule has 0 atom stereocenters. The van der Waals surface area contributed by atoms with E-state index in [0.717, 1.165) is 22.4 Å². The van der Waals surface area contributed by atoms with Gasteiger partial charge in [0.2, 0.25) is 0 Å². The molecule has 3 rings (SSSR count). The second kappa shape index (κ2) is 4.57. The number of fused-ring (bicyclic) bond motifs is 1. The third-order valence-corrected chi connectivity index (χ3v) is 5.36. The highest BCUT2D eigenvalue weighted by Gasteiger charge is 2.25. The van der Waals surface area contributed by atoms with E-state index in [4.69, 9.17) is 4.52 Å². The lowest BCUT2D eigenvalue weighted by Crippen LogP contribution is -2.13. The van der Waals surface area contributed by atoms with E-state index in [2.05, 4.69) is 14.3 Å². The van der Waals surface area contributed by atoms with Crippen LogP contribution in [0.4, 0.5) is 5.00 Å². The van der Waals surface area contributed by atoms with Crippen molar-refractivity contribution in [2.45, 2.75) is 18.7 Å². The first-order valence-corrected chi connectivity index (χ1v) is 8.05. The van der Waals surface area contributed by atoms with Crippen molar-refractivity contribution in [1.29, 1.82) is 0 Å². The fourth-order valence-corrected chi connectivity index (χ4v) is 4.39. The molecule has 2 aromatic heterocycles. The van der Waals surface area contributed by atoms with Gasteiger partial charge in [0.1, 0.15) is 10.7 Å². The van der Waals surface area contributed by atoms with Crippen molar-refractivity contribution in [3.05, 3.63) is 35.7 Å². The van der Waals surface area contributed by atoms with E-state index in [9.17, 15) is 8.42 Å². The summed E-state index contributed by atoms with van der Waals surface area (Å²) in [7, 11) is -3.73. The van der Waals surface area contributed by atoms with Crippen LogP contribution in [-0.2, 0) is 10.0 Å². The molecule has 8 heteroatoms. The zero-order chi connectivity index (χ0) is 14.3. The molecule has 0 saturated carbocycles. The van der Waals surface area contributed by atoms with Crippen LogP contribution < -0.4 is 4.72 Å². The van der Waals surface area contributed by atoms with Crippen molar-refractivity contribution >= 4 is 37.5 Å². The van der Waals surface area contributed by atoms with Gasteiger partial charge in [0, 0.05) is 5.39 Å². The van der Waals surface area contributed by atoms with E-state index < -0.39 is 10.0 Å². The number of hydrogen-bond donors (Lipinski definition) is 1. The largest absolute Gasteiger partial charge is 0.360 e. The highest BCUT2D eigenvalue weighted by atomic mass is 32.2. The Morgan fingerprint density at radius 2 is 2.00 bits per heavy atom. The fraction of sp³-hybridized carbons (Fsp3) is 0.167. The first-order chi connectivity index (χ1) is 9.49. The molecule has 0 radical (unpaired) electrons. The Morgan fingerprint density at radius 3 is 2.70 bits per heavy atom. The van der Waals surface area contributed by atoms with Gasteiger partial charge in [-0.2, -0.15) is 4.37 Å². The van der Waals surface area contributed by atoms with Gasteiger partial charge in [-0.25, -0.2) is 8.42 Å². The van der Waals surface area contributed by atoms with Crippen LogP contribution in [0.25, 0.3) is 10.9 Å². The van der Waals surface area contributed by atoms with Gasteiger partial charge >= 0.3 is 0 Å². The Bertz CT molecular complexity index is 861. The van der Waals surface area contributed by atoms with E-state index in [0.29, 0.717) is 10.7 Å². The molecule has 3 aromatic rings. The van der Waals surface area contributed by atoms with Crippen molar-refractivity contribution in [1.82, 2.24) is 9.53 Å². The maximum absolute atomic E-state index is 12.4. The van der Waals surface area contributed by atoms with Crippen LogP contribution in [0.15, 0.2) is 33.7 Å². The van der Waals surface area contributed by atoms with Crippen molar-refractivity contribution in [2.75, 3.05) is 4.72 Å². The Morgan fingerprint density at radius 1 is 1.25 bits per heavy atom. The lowest BCUT2D eigenvalue weighted by Gasteiger charge is -2.05. The van der Waals surface area contributed by atoms with Gasteiger partial charge < -0.3 is 4.52 Å². The summed E-state index contributed by atoms with van der Waals surface area (Å²) >= 11 is 1.11. The molecule has 0 amide bonds. The van der Waals surface area contributed by atoms with Gasteiger partial charge in [0.25, 0.3) is 10.0 Å². The summed E-state index contributed by atoms with van der Waals surface area (Å²) < 4.78 is 36.5. The van der Waals surface area contributed by atoms with Crippen LogP contribution in [0.5, 0.6) is 0 Å². The highest BCUT2D eigenvalue weighted by molar-refractivity contribution is 7.93. The topological polar surface area (TPSA) is 85.1 Å². The quantitative estimate of drug-likeness (QED) is 0.804. The molecule has 20 heavy (non-hydrogen) atoms. The van der Waals surface area contributed by atoms with E-state index >= 15 is 0 Å². The Kier molecular flexibility index (Phi) is 2.98. The molecule has 0 bridgehead atoms. The predicted molar refractivity (Wildman–Crippen MR) is 76.4 cm³/mol. The van der Waals surface area contributed by atoms with Gasteiger partial charge in [-0.15, -0.1) is 0 Å². The number of aromatic nitrogens is 2. The minimum atomic E-state index is -3.73. The molecule has 0 aliphatic carbocycles. The zero-order valence-corrected chi connectivity index (χ0v) is 12.4. The van der Waals surface area contributed by atoms with Crippen molar-refractivity contribution in [2.24, 2.45) is 0 Å². The summed E-state index contributed by atoms with van der Waals surface area (Å²) in [5, 5.41) is 4.93. The van der Waals surface area contributed by atoms with Crippen LogP contribution in [0, 0.1) is 13.8 Å². The van der Waals surface area contributed by atoms with E-state index in [1.54, 1.807) is 13.8 Å². The van der Waals surface area contributed by atoms with Crippen LogP contribution in [0.1, 0.15) is 11.5 Å². The molecular formula is C12H11N3O3S2. The molecule has 1 N–H and O–H groups in total. The summed E-state index contributed by atoms with van der Waals surface area (Å²) in [5.74, 6) is 0.267. The molecule has 0 aliphatic rings. The summed E-state index contributed by atoms with van der Waals surface area (Å²) in [6.45, 7) is 3.16. The third-order valence-electron chi connectivity index (χ3n) is 2.85. The van der Waals surface area contributed by atoms with Crippen molar-refractivity contribution < 1.29 is 12.9 Å². The normalized spacial score (nSPS) is 11.9. The van der Waals surface area contributed by atoms with Crippen LogP contribution >= 0.6 is 11.5 Å². The highest BCUT2D eigenvalue weighted by Crippen LogP contribution is 2.30. The van der Waals surface area contributed by atoms with E-state index in [-0.39, 0.29) is 10.7 Å². The average Bonchev–Trinajstić information content (AvgIpc) is 2.94. The Labute approximate surface area is 119 Å². The Hall–Kier alpha value is -1.93. The zero-order valence-electron chi connectivity index (χ0n) is 10.7. The van der Waals surface area contributed by atoms with Crippen LogP contribution in [0.3, 0.4) is 0 Å². The molecule has 1 aromatic carbocycles. The standard InChI is InChI=1S/C12H11N3O3S2/c1-7-11(8(2)18-13-7)20(16,17)15-12-9-5-3-4-6-10(9)14-19-12/h3-6,15H,1-2H3. The van der Waals surface area contributed by atoms with Crippen LogP contribution in [-0.4, -0.2) is 17.9 Å². The summed E-state index contributed by atoms with van der Waals surface area (Å²) in [6.07, 6.45) is 0. The summed E-state index contributed by atoms with van der Waals surface area (Å²) in [5.41, 5.74) is 1.10. The molecule has 0 fully saturated rings. The van der Waals surface area contributed by atoms with Gasteiger partial charge in [-0.1, -0.05) is 17.3 Å². The maximum Gasteiger partial charge on any atom is 0.267 e. The maximum atomic E-state index is 12.4. The second-order valence-corrected chi connectivity index (χ2v) is 6.68. The van der Waals surface area contributed by atoms with Gasteiger partial charge in [0.05, 0.1) is 5.52 Å². The lowest BCUT2D eigenvalue weighted by molar-refractivity contribution is 0.390. The predicted octanol–water partition coefficient (Wildman–Crippen LogP) is 2.70. The van der Waals surface area contributed by atoms with E-state index in [1.807, 2.05) is 24.3 Å². The number of aryl methyl sites for hydroxylation is 2. The number of rotatable bonds is 3. The number of anilines is 1. The first kappa shape index (κ1) is 13.1. The second-order valence-electron chi connectivity index (χ2n) is 4.29. The lowest BCUT2D eigenvalue weighted by atomic mass is 10.2.